The number of aliphatic carboxylic acids is 1. The fourth-order valence-electron chi connectivity index (χ4n) is 2.43. The van der Waals surface area contributed by atoms with Crippen molar-refractivity contribution in [1.29, 1.82) is 0 Å². The third-order valence-corrected chi connectivity index (χ3v) is 4.29. The largest absolute Gasteiger partial charge is 0.481 e. The Bertz CT molecular complexity index is 831. The molecule has 120 valence electrons. The van der Waals surface area contributed by atoms with Crippen LogP contribution in [0.1, 0.15) is 34.6 Å². The van der Waals surface area contributed by atoms with Gasteiger partial charge in [0.1, 0.15) is 11.3 Å². The van der Waals surface area contributed by atoms with Crippen LogP contribution in [0.25, 0.3) is 11.0 Å². The number of halogens is 1. The lowest BCUT2D eigenvalue weighted by atomic mass is 10.1. The Morgan fingerprint density at radius 2 is 1.91 bits per heavy atom. The summed E-state index contributed by atoms with van der Waals surface area (Å²) in [4.78, 5) is 32.1. The second kappa shape index (κ2) is 5.26. The number of carbonyl (C=O) groups excluding carboxylic acids is 1. The number of nitrogens with zero attached hydrogens (tertiary/aromatic N) is 2. The van der Waals surface area contributed by atoms with Crippen LogP contribution in [0, 0.1) is 25.1 Å². The van der Waals surface area contributed by atoms with E-state index in [1.54, 1.807) is 13.8 Å². The molecule has 0 bridgehead atoms. The highest BCUT2D eigenvalue weighted by Crippen LogP contribution is 2.45. The Labute approximate surface area is 131 Å². The van der Waals surface area contributed by atoms with Crippen LogP contribution in [0.2, 0.25) is 0 Å². The SMILES string of the molecule is Cc1nc2cc(F)cc(C(=O)NCC3(C(=O)O)CC3)c2nc1C. The molecule has 0 spiro atoms. The number of hydrogen-bond donors (Lipinski definition) is 2. The van der Waals surface area contributed by atoms with Crippen molar-refractivity contribution < 1.29 is 19.1 Å². The average molecular weight is 317 g/mol. The summed E-state index contributed by atoms with van der Waals surface area (Å²) in [7, 11) is 0. The number of hydrogen-bond acceptors (Lipinski definition) is 4. The standard InChI is InChI=1S/C16H16FN3O3/c1-8-9(2)20-13-11(5-10(17)6-12(13)19-8)14(21)18-7-16(3-4-16)15(22)23/h5-6H,3-4,7H2,1-2H3,(H,18,21)(H,22,23). The summed E-state index contributed by atoms with van der Waals surface area (Å²) >= 11 is 0. The van der Waals surface area contributed by atoms with Gasteiger partial charge in [0.15, 0.2) is 0 Å². The summed E-state index contributed by atoms with van der Waals surface area (Å²) in [5.41, 5.74) is 1.12. The number of carbonyl (C=O) groups is 2. The zero-order valence-electron chi connectivity index (χ0n) is 12.8. The van der Waals surface area contributed by atoms with E-state index in [0.717, 1.165) is 6.07 Å². The molecule has 0 aliphatic heterocycles. The van der Waals surface area contributed by atoms with E-state index in [0.29, 0.717) is 35.3 Å². The third-order valence-electron chi connectivity index (χ3n) is 4.29. The molecule has 7 heteroatoms. The maximum atomic E-state index is 13.8. The Morgan fingerprint density at radius 3 is 2.52 bits per heavy atom. The van der Waals surface area contributed by atoms with Crippen LogP contribution >= 0.6 is 0 Å². The average Bonchev–Trinajstić information content (AvgIpc) is 3.27. The van der Waals surface area contributed by atoms with Crippen LogP contribution < -0.4 is 5.32 Å². The number of aromatic nitrogens is 2. The van der Waals surface area contributed by atoms with Crippen molar-refractivity contribution in [2.75, 3.05) is 6.54 Å². The van der Waals surface area contributed by atoms with Gasteiger partial charge in [0.05, 0.1) is 27.9 Å². The summed E-state index contributed by atoms with van der Waals surface area (Å²) in [5, 5.41) is 11.7. The van der Waals surface area contributed by atoms with Crippen molar-refractivity contribution in [3.8, 4) is 0 Å². The fourth-order valence-corrected chi connectivity index (χ4v) is 2.43. The molecule has 23 heavy (non-hydrogen) atoms. The van der Waals surface area contributed by atoms with E-state index < -0.39 is 23.1 Å². The molecular formula is C16H16FN3O3. The summed E-state index contributed by atoms with van der Waals surface area (Å²) in [6.45, 7) is 3.55. The number of amides is 1. The van der Waals surface area contributed by atoms with Gasteiger partial charge in [-0.15, -0.1) is 0 Å². The number of rotatable bonds is 4. The number of carboxylic acids is 1. The van der Waals surface area contributed by atoms with Crippen LogP contribution in [0.4, 0.5) is 4.39 Å². The van der Waals surface area contributed by atoms with Crippen molar-refractivity contribution in [2.24, 2.45) is 5.41 Å². The Kier molecular flexibility index (Phi) is 3.50. The van der Waals surface area contributed by atoms with Crippen LogP contribution in [0.3, 0.4) is 0 Å². The molecule has 1 fully saturated rings. The van der Waals surface area contributed by atoms with Crippen LogP contribution in [0.5, 0.6) is 0 Å². The topological polar surface area (TPSA) is 92.2 Å². The Hall–Kier alpha value is -2.57. The minimum atomic E-state index is -0.923. The smallest absolute Gasteiger partial charge is 0.311 e. The van der Waals surface area contributed by atoms with Crippen molar-refractivity contribution in [2.45, 2.75) is 26.7 Å². The molecule has 1 heterocycles. The van der Waals surface area contributed by atoms with E-state index in [9.17, 15) is 14.0 Å². The molecule has 1 aromatic carbocycles. The first-order chi connectivity index (χ1) is 10.8. The van der Waals surface area contributed by atoms with Crippen molar-refractivity contribution in [1.82, 2.24) is 15.3 Å². The lowest BCUT2D eigenvalue weighted by Gasteiger charge is -2.12. The maximum Gasteiger partial charge on any atom is 0.311 e. The van der Waals surface area contributed by atoms with Gasteiger partial charge in [0.25, 0.3) is 5.91 Å². The minimum absolute atomic E-state index is 0.0252. The predicted molar refractivity (Wildman–Crippen MR) is 80.6 cm³/mol. The Morgan fingerprint density at radius 1 is 1.26 bits per heavy atom. The predicted octanol–water partition coefficient (Wildman–Crippen LogP) is 1.98. The highest BCUT2D eigenvalue weighted by Gasteiger charge is 2.50. The Balaban J connectivity index is 1.94. The first-order valence-corrected chi connectivity index (χ1v) is 7.28. The second-order valence-electron chi connectivity index (χ2n) is 5.98. The first-order valence-electron chi connectivity index (χ1n) is 7.28. The van der Waals surface area contributed by atoms with Gasteiger partial charge >= 0.3 is 5.97 Å². The maximum absolute atomic E-state index is 13.8. The quantitative estimate of drug-likeness (QED) is 0.899. The molecule has 1 aliphatic rings. The highest BCUT2D eigenvalue weighted by molar-refractivity contribution is 6.05. The second-order valence-corrected chi connectivity index (χ2v) is 5.98. The summed E-state index contributed by atoms with van der Waals surface area (Å²) in [6.07, 6.45) is 1.06. The lowest BCUT2D eigenvalue weighted by molar-refractivity contribution is -0.143. The van der Waals surface area contributed by atoms with Gasteiger partial charge in [0.2, 0.25) is 0 Å². The van der Waals surface area contributed by atoms with E-state index in [2.05, 4.69) is 15.3 Å². The van der Waals surface area contributed by atoms with Gasteiger partial charge in [-0.05, 0) is 32.8 Å². The molecule has 2 aromatic rings. The van der Waals surface area contributed by atoms with Gasteiger partial charge in [-0.25, -0.2) is 14.4 Å². The molecule has 2 N–H and O–H groups in total. The minimum Gasteiger partial charge on any atom is -0.481 e. The van der Waals surface area contributed by atoms with Crippen molar-refractivity contribution in [3.63, 3.8) is 0 Å². The van der Waals surface area contributed by atoms with E-state index in [-0.39, 0.29) is 12.1 Å². The van der Waals surface area contributed by atoms with Gasteiger partial charge in [-0.2, -0.15) is 0 Å². The van der Waals surface area contributed by atoms with E-state index in [1.807, 2.05) is 0 Å². The monoisotopic (exact) mass is 317 g/mol. The molecule has 3 rings (SSSR count). The summed E-state index contributed by atoms with van der Waals surface area (Å²) in [6, 6.07) is 2.33. The van der Waals surface area contributed by atoms with Crippen molar-refractivity contribution >= 4 is 22.9 Å². The molecule has 0 unspecified atom stereocenters. The molecule has 1 aliphatic carbocycles. The van der Waals surface area contributed by atoms with Gasteiger partial charge in [-0.3, -0.25) is 9.59 Å². The summed E-state index contributed by atoms with van der Waals surface area (Å²) in [5.74, 6) is -2.05. The molecule has 1 amide bonds. The molecule has 0 saturated heterocycles. The molecular weight excluding hydrogens is 301 g/mol. The lowest BCUT2D eigenvalue weighted by Crippen LogP contribution is -2.34. The number of carboxylic acid groups (broad SMARTS) is 1. The number of fused-ring (bicyclic) bond motifs is 1. The zero-order valence-corrected chi connectivity index (χ0v) is 12.8. The highest BCUT2D eigenvalue weighted by atomic mass is 19.1. The third kappa shape index (κ3) is 2.74. The molecule has 0 atom stereocenters. The van der Waals surface area contributed by atoms with Crippen molar-refractivity contribution in [3.05, 3.63) is 34.9 Å². The fraction of sp³-hybridized carbons (Fsp3) is 0.375. The first kappa shape index (κ1) is 15.3. The van der Waals surface area contributed by atoms with Gasteiger partial charge in [0, 0.05) is 12.6 Å². The van der Waals surface area contributed by atoms with E-state index in [4.69, 9.17) is 5.11 Å². The molecule has 6 nitrogen and oxygen atoms in total. The molecule has 1 aromatic heterocycles. The normalized spacial score (nSPS) is 15.4. The zero-order chi connectivity index (χ0) is 16.8. The molecule has 0 radical (unpaired) electrons. The van der Waals surface area contributed by atoms with E-state index in [1.165, 1.54) is 6.07 Å². The number of nitrogens with one attached hydrogen (secondary N) is 1. The number of aryl methyl sites for hydroxylation is 2. The molecule has 1 saturated carbocycles. The van der Waals surface area contributed by atoms with Crippen LogP contribution in [0.15, 0.2) is 12.1 Å². The van der Waals surface area contributed by atoms with E-state index >= 15 is 0 Å². The number of benzene rings is 1. The van der Waals surface area contributed by atoms with Crippen LogP contribution in [-0.2, 0) is 4.79 Å². The summed E-state index contributed by atoms with van der Waals surface area (Å²) < 4.78 is 13.8. The van der Waals surface area contributed by atoms with Gasteiger partial charge < -0.3 is 10.4 Å². The van der Waals surface area contributed by atoms with Gasteiger partial charge in [-0.1, -0.05) is 0 Å². The van der Waals surface area contributed by atoms with Crippen LogP contribution in [-0.4, -0.2) is 33.5 Å².